The minimum absolute atomic E-state index is 0.130. The number of nitrogens with two attached hydrogens (primary N) is 1. The van der Waals surface area contributed by atoms with E-state index in [1.54, 1.807) is 13.1 Å². The molecule has 5 N–H and O–H groups in total. The first kappa shape index (κ1) is 12.0. The highest BCUT2D eigenvalue weighted by atomic mass is 16.2. The van der Waals surface area contributed by atoms with Crippen molar-refractivity contribution in [3.63, 3.8) is 0 Å². The second kappa shape index (κ2) is 4.78. The molecule has 0 radical (unpaired) electrons. The highest BCUT2D eigenvalue weighted by molar-refractivity contribution is 5.60. The van der Waals surface area contributed by atoms with Gasteiger partial charge in [-0.3, -0.25) is 14.3 Å². The summed E-state index contributed by atoms with van der Waals surface area (Å²) in [7, 11) is 0. The van der Waals surface area contributed by atoms with Crippen molar-refractivity contribution >= 4 is 11.5 Å². The highest BCUT2D eigenvalue weighted by Gasteiger charge is 2.10. The van der Waals surface area contributed by atoms with E-state index in [1.807, 2.05) is 0 Å². The summed E-state index contributed by atoms with van der Waals surface area (Å²) in [5, 5.41) is 2.89. The largest absolute Gasteiger partial charge is 0.383 e. The van der Waals surface area contributed by atoms with Gasteiger partial charge < -0.3 is 16.0 Å². The van der Waals surface area contributed by atoms with E-state index in [4.69, 9.17) is 5.73 Å². The average molecular weight is 250 g/mol. The predicted molar refractivity (Wildman–Crippen MR) is 67.3 cm³/mol. The fourth-order valence-corrected chi connectivity index (χ4v) is 1.64. The molecule has 2 heterocycles. The van der Waals surface area contributed by atoms with Crippen molar-refractivity contribution < 1.29 is 0 Å². The zero-order valence-corrected chi connectivity index (χ0v) is 9.86. The van der Waals surface area contributed by atoms with E-state index < -0.39 is 11.2 Å². The third-order valence-electron chi connectivity index (χ3n) is 2.57. The summed E-state index contributed by atoms with van der Waals surface area (Å²) >= 11 is 0. The number of H-pyrrole nitrogens is 2. The summed E-state index contributed by atoms with van der Waals surface area (Å²) in [6.07, 6.45) is 3.17. The number of aromatic nitrogens is 4. The Labute approximate surface area is 102 Å². The molecule has 18 heavy (non-hydrogen) atoms. The van der Waals surface area contributed by atoms with Crippen LogP contribution < -0.4 is 22.3 Å². The first-order chi connectivity index (χ1) is 8.63. The second-order valence-electron chi connectivity index (χ2n) is 3.69. The summed E-state index contributed by atoms with van der Waals surface area (Å²) in [5.74, 6) is 0.130. The van der Waals surface area contributed by atoms with E-state index >= 15 is 0 Å². The molecule has 8 heteroatoms. The lowest BCUT2D eigenvalue weighted by Gasteiger charge is -2.11. The van der Waals surface area contributed by atoms with Crippen molar-refractivity contribution in [1.29, 1.82) is 0 Å². The van der Waals surface area contributed by atoms with Gasteiger partial charge in [-0.2, -0.15) is 0 Å². The van der Waals surface area contributed by atoms with Crippen molar-refractivity contribution in [2.24, 2.45) is 0 Å². The molecule has 0 aliphatic rings. The Bertz CT molecular complexity index is 639. The van der Waals surface area contributed by atoms with Crippen molar-refractivity contribution in [2.75, 3.05) is 11.1 Å². The molecule has 0 unspecified atom stereocenters. The Hall–Kier alpha value is -2.51. The van der Waals surface area contributed by atoms with Gasteiger partial charge in [0.15, 0.2) is 0 Å². The van der Waals surface area contributed by atoms with Crippen LogP contribution in [0.4, 0.5) is 11.5 Å². The molecule has 96 valence electrons. The van der Waals surface area contributed by atoms with E-state index in [-0.39, 0.29) is 11.5 Å². The molecule has 0 saturated carbocycles. The van der Waals surface area contributed by atoms with Gasteiger partial charge >= 0.3 is 5.69 Å². The maximum Gasteiger partial charge on any atom is 0.330 e. The molecule has 0 bridgehead atoms. The van der Waals surface area contributed by atoms with Crippen LogP contribution in [0.3, 0.4) is 0 Å². The minimum Gasteiger partial charge on any atom is -0.383 e. The van der Waals surface area contributed by atoms with Gasteiger partial charge in [0.05, 0.1) is 18.6 Å². The number of nitrogens with zero attached hydrogens (tertiary/aromatic N) is 2. The zero-order chi connectivity index (χ0) is 13.1. The van der Waals surface area contributed by atoms with Crippen LogP contribution in [0.2, 0.25) is 0 Å². The van der Waals surface area contributed by atoms with Gasteiger partial charge in [-0.25, -0.2) is 9.78 Å². The zero-order valence-electron chi connectivity index (χ0n) is 9.86. The molecule has 8 nitrogen and oxygen atoms in total. The van der Waals surface area contributed by atoms with Gasteiger partial charge in [0.1, 0.15) is 11.5 Å². The topological polar surface area (TPSA) is 122 Å². The van der Waals surface area contributed by atoms with E-state index in [0.29, 0.717) is 13.1 Å². The molecule has 0 aliphatic carbocycles. The third-order valence-corrected chi connectivity index (χ3v) is 2.57. The van der Waals surface area contributed by atoms with Crippen molar-refractivity contribution in [1.82, 2.24) is 19.5 Å². The summed E-state index contributed by atoms with van der Waals surface area (Å²) in [4.78, 5) is 32.1. The molecule has 2 aromatic heterocycles. The smallest absolute Gasteiger partial charge is 0.330 e. The maximum atomic E-state index is 11.7. The van der Waals surface area contributed by atoms with Crippen molar-refractivity contribution in [2.45, 2.75) is 20.0 Å². The van der Waals surface area contributed by atoms with Crippen LogP contribution in [0.5, 0.6) is 0 Å². The van der Waals surface area contributed by atoms with E-state index in [0.717, 1.165) is 5.69 Å². The molecule has 0 atom stereocenters. The number of hydrogen-bond acceptors (Lipinski definition) is 5. The van der Waals surface area contributed by atoms with Gasteiger partial charge in [-0.15, -0.1) is 0 Å². The van der Waals surface area contributed by atoms with Gasteiger partial charge in [-0.05, 0) is 6.92 Å². The summed E-state index contributed by atoms with van der Waals surface area (Å²) in [5.41, 5.74) is 5.75. The van der Waals surface area contributed by atoms with Crippen LogP contribution in [0.15, 0.2) is 22.1 Å². The van der Waals surface area contributed by atoms with Crippen LogP contribution in [-0.2, 0) is 13.1 Å². The standard InChI is InChI=1S/C10H14N6O2/c1-2-16-8(11)7(9(17)15-10(16)18)13-4-6-3-12-5-14-6/h3,5,13H,2,4,11H2,1H3,(H,12,14)(H,15,17,18). The summed E-state index contributed by atoms with van der Waals surface area (Å²) in [6, 6.07) is 0. The van der Waals surface area contributed by atoms with Gasteiger partial charge in [0.2, 0.25) is 0 Å². The van der Waals surface area contributed by atoms with E-state index in [2.05, 4.69) is 20.3 Å². The Morgan fingerprint density at radius 1 is 1.50 bits per heavy atom. The van der Waals surface area contributed by atoms with Crippen molar-refractivity contribution in [3.05, 3.63) is 39.1 Å². The summed E-state index contributed by atoms with van der Waals surface area (Å²) < 4.78 is 1.29. The number of hydrogen-bond donors (Lipinski definition) is 4. The lowest BCUT2D eigenvalue weighted by molar-refractivity contribution is 0.706. The lowest BCUT2D eigenvalue weighted by Crippen LogP contribution is -2.33. The number of nitrogen functional groups attached to an aromatic ring is 1. The van der Waals surface area contributed by atoms with Crippen LogP contribution in [0.1, 0.15) is 12.6 Å². The predicted octanol–water partition coefficient (Wildman–Crippen LogP) is -0.526. The molecule has 0 saturated heterocycles. The Morgan fingerprint density at radius 3 is 2.89 bits per heavy atom. The average Bonchev–Trinajstić information content (AvgIpc) is 2.81. The molecular weight excluding hydrogens is 236 g/mol. The normalized spacial score (nSPS) is 10.5. The number of nitrogens with one attached hydrogen (secondary N) is 3. The second-order valence-corrected chi connectivity index (χ2v) is 3.69. The van der Waals surface area contributed by atoms with Crippen LogP contribution in [-0.4, -0.2) is 19.5 Å². The van der Waals surface area contributed by atoms with E-state index in [1.165, 1.54) is 10.9 Å². The molecule has 0 aliphatic heterocycles. The lowest BCUT2D eigenvalue weighted by atomic mass is 10.4. The third kappa shape index (κ3) is 2.12. The van der Waals surface area contributed by atoms with Crippen LogP contribution in [0.25, 0.3) is 0 Å². The van der Waals surface area contributed by atoms with Gasteiger partial charge in [0.25, 0.3) is 5.56 Å². The molecular formula is C10H14N6O2. The SMILES string of the molecule is CCn1c(N)c(NCc2cnc[nH]2)c(=O)[nH]c1=O. The number of rotatable bonds is 4. The molecule has 2 aromatic rings. The number of anilines is 2. The molecule has 0 amide bonds. The number of aromatic amines is 2. The Balaban J connectivity index is 2.33. The molecule has 0 fully saturated rings. The molecule has 2 rings (SSSR count). The fourth-order valence-electron chi connectivity index (χ4n) is 1.64. The van der Waals surface area contributed by atoms with Crippen LogP contribution in [0, 0.1) is 0 Å². The first-order valence-corrected chi connectivity index (χ1v) is 5.47. The minimum atomic E-state index is -0.526. The van der Waals surface area contributed by atoms with Gasteiger partial charge in [-0.1, -0.05) is 0 Å². The maximum absolute atomic E-state index is 11.7. The quantitative estimate of drug-likeness (QED) is 0.581. The van der Waals surface area contributed by atoms with E-state index in [9.17, 15) is 9.59 Å². The monoisotopic (exact) mass is 250 g/mol. The number of imidazole rings is 1. The molecule has 0 spiro atoms. The Morgan fingerprint density at radius 2 is 2.28 bits per heavy atom. The van der Waals surface area contributed by atoms with Gasteiger partial charge in [0, 0.05) is 12.7 Å². The van der Waals surface area contributed by atoms with Crippen molar-refractivity contribution in [3.8, 4) is 0 Å². The molecule has 0 aromatic carbocycles. The first-order valence-electron chi connectivity index (χ1n) is 5.47. The summed E-state index contributed by atoms with van der Waals surface area (Å²) in [6.45, 7) is 2.53. The Kier molecular flexibility index (Phi) is 3.18. The van der Waals surface area contributed by atoms with Crippen LogP contribution >= 0.6 is 0 Å². The fraction of sp³-hybridized carbons (Fsp3) is 0.300. The highest BCUT2D eigenvalue weighted by Crippen LogP contribution is 2.10.